The first kappa shape index (κ1) is 34.7. The van der Waals surface area contributed by atoms with Gasteiger partial charge >= 0.3 is 0 Å². The molecule has 50 heavy (non-hydrogen) atoms. The van der Waals surface area contributed by atoms with Gasteiger partial charge in [-0.05, 0) is 170 Å². The molecule has 0 saturated heterocycles. The first-order valence-corrected chi connectivity index (χ1v) is 20.7. The van der Waals surface area contributed by atoms with E-state index in [2.05, 4.69) is 146 Å². The van der Waals surface area contributed by atoms with Gasteiger partial charge in [-0.25, -0.2) is 0 Å². The Balaban J connectivity index is 0.869. The molecule has 0 aliphatic carbocycles. The van der Waals surface area contributed by atoms with Crippen LogP contribution in [0.4, 0.5) is 11.4 Å². The van der Waals surface area contributed by atoms with E-state index in [0.29, 0.717) is 0 Å². The fourth-order valence-corrected chi connectivity index (χ4v) is 9.67. The molecule has 7 rings (SSSR count). The van der Waals surface area contributed by atoms with Crippen molar-refractivity contribution >= 4 is 81.9 Å². The Labute approximate surface area is 319 Å². The number of rotatable bonds is 12. The number of anilines is 2. The highest BCUT2D eigenvalue weighted by atomic mass is 32.2. The summed E-state index contributed by atoms with van der Waals surface area (Å²) in [6.45, 7) is 0. The van der Waals surface area contributed by atoms with Crippen LogP contribution in [-0.4, -0.2) is 0 Å². The highest BCUT2D eigenvalue weighted by molar-refractivity contribution is 8.00. The topological polar surface area (TPSA) is 52.0 Å². The second kappa shape index (κ2) is 17.0. The predicted octanol–water partition coefficient (Wildman–Crippen LogP) is 13.8. The van der Waals surface area contributed by atoms with E-state index < -0.39 is 0 Å². The molecule has 0 aliphatic heterocycles. The second-order valence-corrected chi connectivity index (χ2v) is 18.0. The van der Waals surface area contributed by atoms with Crippen molar-refractivity contribution in [3.8, 4) is 0 Å². The molecule has 0 heterocycles. The van der Waals surface area contributed by atoms with Gasteiger partial charge in [0, 0.05) is 70.1 Å². The van der Waals surface area contributed by atoms with Crippen LogP contribution in [0.2, 0.25) is 0 Å². The molecule has 7 aromatic carbocycles. The lowest BCUT2D eigenvalue weighted by atomic mass is 10.3. The number of nitrogen functional groups attached to an aromatic ring is 2. The van der Waals surface area contributed by atoms with Gasteiger partial charge in [0.15, 0.2) is 0 Å². The summed E-state index contributed by atoms with van der Waals surface area (Å²) < 4.78 is 0. The molecule has 0 aromatic heterocycles. The van der Waals surface area contributed by atoms with Crippen LogP contribution in [0.5, 0.6) is 0 Å². The van der Waals surface area contributed by atoms with Gasteiger partial charge in [-0.2, -0.15) is 0 Å². The highest BCUT2D eigenvalue weighted by Crippen LogP contribution is 2.37. The average Bonchev–Trinajstić information content (AvgIpc) is 3.14. The van der Waals surface area contributed by atoms with Gasteiger partial charge in [-0.1, -0.05) is 70.6 Å². The Bertz CT molecular complexity index is 1960. The number of hydrogen-bond donors (Lipinski definition) is 2. The van der Waals surface area contributed by atoms with E-state index in [0.717, 1.165) is 11.4 Å². The number of nitrogens with two attached hydrogens (primary N) is 2. The van der Waals surface area contributed by atoms with Crippen molar-refractivity contribution in [2.24, 2.45) is 0 Å². The van der Waals surface area contributed by atoms with Crippen LogP contribution in [0.25, 0.3) is 0 Å². The Morgan fingerprint density at radius 3 is 0.400 bits per heavy atom. The van der Waals surface area contributed by atoms with E-state index >= 15 is 0 Å². The van der Waals surface area contributed by atoms with E-state index in [-0.39, 0.29) is 0 Å². The zero-order valence-corrected chi connectivity index (χ0v) is 31.7. The van der Waals surface area contributed by atoms with Crippen LogP contribution in [0.1, 0.15) is 0 Å². The summed E-state index contributed by atoms with van der Waals surface area (Å²) in [4.78, 5) is 14.6. The monoisotopic (exact) mass is 756 g/mol. The van der Waals surface area contributed by atoms with E-state index in [4.69, 9.17) is 11.5 Å². The maximum absolute atomic E-state index is 5.81. The van der Waals surface area contributed by atoms with Crippen LogP contribution in [0, 0.1) is 0 Å². The molecule has 0 aliphatic rings. The SMILES string of the molecule is Nc1ccc(Sc2ccc(Sc3ccc(Sc4ccc(Sc5ccc(Sc6ccc(Sc7ccc(N)cc7)cc6)cc5)cc4)cc3)cc2)cc1. The van der Waals surface area contributed by atoms with Crippen LogP contribution in [0.15, 0.2) is 229 Å². The zero-order chi connectivity index (χ0) is 34.1. The summed E-state index contributed by atoms with van der Waals surface area (Å²) in [5.41, 5.74) is 13.2. The molecular weight excluding hydrogens is 725 g/mol. The van der Waals surface area contributed by atoms with Gasteiger partial charge in [0.25, 0.3) is 0 Å². The molecule has 8 heteroatoms. The van der Waals surface area contributed by atoms with Crippen molar-refractivity contribution in [3.63, 3.8) is 0 Å². The van der Waals surface area contributed by atoms with Crippen molar-refractivity contribution in [2.45, 2.75) is 58.7 Å². The number of benzene rings is 7. The molecule has 0 spiro atoms. The van der Waals surface area contributed by atoms with Crippen molar-refractivity contribution < 1.29 is 0 Å². The molecule has 0 radical (unpaired) electrons. The Morgan fingerprint density at radius 1 is 0.180 bits per heavy atom. The summed E-state index contributed by atoms with van der Waals surface area (Å²) in [5, 5.41) is 0. The highest BCUT2D eigenvalue weighted by Gasteiger charge is 2.05. The van der Waals surface area contributed by atoms with Crippen LogP contribution in [0.3, 0.4) is 0 Å². The zero-order valence-electron chi connectivity index (χ0n) is 26.8. The van der Waals surface area contributed by atoms with Crippen LogP contribution < -0.4 is 11.5 Å². The van der Waals surface area contributed by atoms with Gasteiger partial charge in [0.05, 0.1) is 0 Å². The van der Waals surface area contributed by atoms with Crippen molar-refractivity contribution in [3.05, 3.63) is 170 Å². The van der Waals surface area contributed by atoms with Crippen molar-refractivity contribution in [2.75, 3.05) is 11.5 Å². The summed E-state index contributed by atoms with van der Waals surface area (Å²) in [5.74, 6) is 0. The molecule has 0 unspecified atom stereocenters. The summed E-state index contributed by atoms with van der Waals surface area (Å²) in [7, 11) is 0. The quantitative estimate of drug-likeness (QED) is 0.120. The van der Waals surface area contributed by atoms with Gasteiger partial charge in [-0.3, -0.25) is 0 Å². The third-order valence-electron chi connectivity index (χ3n) is 7.29. The molecule has 0 amide bonds. The van der Waals surface area contributed by atoms with Gasteiger partial charge in [0.1, 0.15) is 0 Å². The fourth-order valence-electron chi connectivity index (χ4n) is 4.77. The Morgan fingerprint density at radius 2 is 0.280 bits per heavy atom. The average molecular weight is 757 g/mol. The molecule has 0 bridgehead atoms. The Kier molecular flexibility index (Phi) is 11.8. The van der Waals surface area contributed by atoms with E-state index in [9.17, 15) is 0 Å². The summed E-state index contributed by atoms with van der Waals surface area (Å²) >= 11 is 10.6. The standard InChI is InChI=1S/C42H32N2S6/c43-29-1-5-31(6-2-29)45-33-9-13-35(14-10-33)47-37-17-21-39(22-18-37)49-41-25-27-42(28-26-41)50-40-23-19-38(20-24-40)48-36-15-11-34(12-16-36)46-32-7-3-30(44)4-8-32/h1-28H,43-44H2. The van der Waals surface area contributed by atoms with Gasteiger partial charge in [0.2, 0.25) is 0 Å². The third-order valence-corrected chi connectivity index (χ3v) is 13.4. The molecular formula is C42H32N2S6. The summed E-state index contributed by atoms with van der Waals surface area (Å²) in [6, 6.07) is 59.9. The predicted molar refractivity (Wildman–Crippen MR) is 219 cm³/mol. The van der Waals surface area contributed by atoms with Crippen molar-refractivity contribution in [1.29, 1.82) is 0 Å². The van der Waals surface area contributed by atoms with Gasteiger partial charge < -0.3 is 11.5 Å². The lowest BCUT2D eigenvalue weighted by molar-refractivity contribution is 1.29. The van der Waals surface area contributed by atoms with Crippen LogP contribution >= 0.6 is 70.6 Å². The largest absolute Gasteiger partial charge is 0.399 e. The first-order valence-electron chi connectivity index (χ1n) is 15.8. The lowest BCUT2D eigenvalue weighted by Crippen LogP contribution is -1.82. The minimum absolute atomic E-state index is 0.788. The minimum atomic E-state index is 0.788. The van der Waals surface area contributed by atoms with E-state index in [1.54, 1.807) is 70.6 Å². The maximum atomic E-state index is 5.81. The Hall–Kier alpha value is -3.76. The fraction of sp³-hybridized carbons (Fsp3) is 0. The van der Waals surface area contributed by atoms with Crippen LogP contribution in [-0.2, 0) is 0 Å². The smallest absolute Gasteiger partial charge is 0.0314 e. The normalized spacial score (nSPS) is 11.0. The third kappa shape index (κ3) is 10.2. The van der Waals surface area contributed by atoms with Crippen molar-refractivity contribution in [1.82, 2.24) is 0 Å². The number of hydrogen-bond acceptors (Lipinski definition) is 8. The first-order chi connectivity index (χ1) is 24.5. The molecule has 7 aromatic rings. The summed E-state index contributed by atoms with van der Waals surface area (Å²) in [6.07, 6.45) is 0. The van der Waals surface area contributed by atoms with Gasteiger partial charge in [-0.15, -0.1) is 0 Å². The molecule has 246 valence electrons. The molecule has 0 saturated carbocycles. The molecule has 2 nitrogen and oxygen atoms in total. The molecule has 0 fully saturated rings. The molecule has 0 atom stereocenters. The molecule has 4 N–H and O–H groups in total. The van der Waals surface area contributed by atoms with E-state index in [1.165, 1.54) is 58.7 Å². The lowest BCUT2D eigenvalue weighted by Gasteiger charge is -2.08. The van der Waals surface area contributed by atoms with E-state index in [1.807, 2.05) is 24.3 Å². The minimum Gasteiger partial charge on any atom is -0.399 e. The second-order valence-electron chi connectivity index (χ2n) is 11.1. The maximum Gasteiger partial charge on any atom is 0.0314 e.